The molecule has 4 rings (SSSR count). The minimum Gasteiger partial charge on any atom is -0.372 e. The number of nitrogens with one attached hydrogen (secondary N) is 1. The van der Waals surface area contributed by atoms with Crippen LogP contribution in [-0.4, -0.2) is 31.4 Å². The highest BCUT2D eigenvalue weighted by Gasteiger charge is 2.35. The van der Waals surface area contributed by atoms with E-state index in [2.05, 4.69) is 22.3 Å². The van der Waals surface area contributed by atoms with Crippen molar-refractivity contribution in [3.8, 4) is 0 Å². The Morgan fingerprint density at radius 1 is 1.07 bits per heavy atom. The molecule has 28 heavy (non-hydrogen) atoms. The van der Waals surface area contributed by atoms with Gasteiger partial charge in [-0.1, -0.05) is 17.7 Å². The van der Waals surface area contributed by atoms with Crippen LogP contribution < -0.4 is 15.1 Å². The smallest absolute Gasteiger partial charge is 0.229 e. The van der Waals surface area contributed by atoms with Gasteiger partial charge < -0.3 is 15.1 Å². The summed E-state index contributed by atoms with van der Waals surface area (Å²) in [4.78, 5) is 29.2. The lowest BCUT2D eigenvalue weighted by molar-refractivity contribution is -0.122. The van der Waals surface area contributed by atoms with Crippen LogP contribution in [0.3, 0.4) is 0 Å². The number of rotatable bonds is 4. The summed E-state index contributed by atoms with van der Waals surface area (Å²) in [5.74, 6) is -0.536. The highest BCUT2D eigenvalue weighted by molar-refractivity contribution is 6.31. The van der Waals surface area contributed by atoms with Crippen molar-refractivity contribution in [2.45, 2.75) is 26.2 Å². The number of nitrogens with zero attached hydrogens (tertiary/aromatic N) is 2. The lowest BCUT2D eigenvalue weighted by atomic mass is 10.1. The number of aryl methyl sites for hydroxylation is 1. The Hall–Kier alpha value is -2.53. The predicted octanol–water partition coefficient (Wildman–Crippen LogP) is 4.24. The zero-order valence-electron chi connectivity index (χ0n) is 16.0. The van der Waals surface area contributed by atoms with E-state index in [1.807, 2.05) is 31.2 Å². The maximum Gasteiger partial charge on any atom is 0.229 e. The lowest BCUT2D eigenvalue weighted by Gasteiger charge is -2.20. The molecule has 6 heteroatoms. The highest BCUT2D eigenvalue weighted by atomic mass is 35.5. The molecule has 0 spiro atoms. The van der Waals surface area contributed by atoms with Crippen LogP contribution in [0.5, 0.6) is 0 Å². The van der Waals surface area contributed by atoms with Gasteiger partial charge in [0.05, 0.1) is 5.92 Å². The molecule has 1 N–H and O–H groups in total. The second kappa shape index (κ2) is 7.84. The van der Waals surface area contributed by atoms with Crippen LogP contribution in [0, 0.1) is 12.8 Å². The van der Waals surface area contributed by atoms with Gasteiger partial charge in [-0.2, -0.15) is 0 Å². The lowest BCUT2D eigenvalue weighted by Crippen LogP contribution is -2.28. The van der Waals surface area contributed by atoms with Gasteiger partial charge in [0.1, 0.15) is 0 Å². The molecule has 2 heterocycles. The highest BCUT2D eigenvalue weighted by Crippen LogP contribution is 2.29. The largest absolute Gasteiger partial charge is 0.372 e. The van der Waals surface area contributed by atoms with Gasteiger partial charge in [-0.15, -0.1) is 0 Å². The molecule has 1 atom stereocenters. The summed E-state index contributed by atoms with van der Waals surface area (Å²) >= 11 is 6.13. The van der Waals surface area contributed by atoms with Crippen LogP contribution in [0.1, 0.15) is 24.8 Å². The fourth-order valence-electron chi connectivity index (χ4n) is 3.87. The van der Waals surface area contributed by atoms with E-state index >= 15 is 0 Å². The molecule has 2 aromatic rings. The Balaban J connectivity index is 1.41. The SMILES string of the molecule is Cc1ccc(NC(=O)C2CC(=O)N(c3ccc(N4CCCC4)cc3)C2)cc1Cl. The third kappa shape index (κ3) is 3.85. The zero-order valence-corrected chi connectivity index (χ0v) is 16.7. The first kappa shape index (κ1) is 18.8. The van der Waals surface area contributed by atoms with Crippen molar-refractivity contribution >= 4 is 40.5 Å². The number of hydrogen-bond donors (Lipinski definition) is 1. The van der Waals surface area contributed by atoms with E-state index in [0.29, 0.717) is 17.3 Å². The van der Waals surface area contributed by atoms with Crippen LogP contribution in [0.2, 0.25) is 5.02 Å². The average Bonchev–Trinajstić information content (AvgIpc) is 3.35. The normalized spacial score (nSPS) is 19.4. The average molecular weight is 398 g/mol. The molecule has 2 aliphatic heterocycles. The molecule has 2 saturated heterocycles. The molecule has 146 valence electrons. The van der Waals surface area contributed by atoms with Gasteiger partial charge in [-0.05, 0) is 61.7 Å². The fraction of sp³-hybridized carbons (Fsp3) is 0.364. The Bertz CT molecular complexity index is 891. The first-order valence-corrected chi connectivity index (χ1v) is 10.1. The van der Waals surface area contributed by atoms with Crippen LogP contribution >= 0.6 is 11.6 Å². The first-order chi connectivity index (χ1) is 13.5. The summed E-state index contributed by atoms with van der Waals surface area (Å²) in [6, 6.07) is 13.5. The number of amides is 2. The van der Waals surface area contributed by atoms with Crippen LogP contribution in [0.15, 0.2) is 42.5 Å². The topological polar surface area (TPSA) is 52.7 Å². The van der Waals surface area contributed by atoms with Gasteiger partial charge in [0, 0.05) is 48.1 Å². The van der Waals surface area contributed by atoms with E-state index in [1.54, 1.807) is 11.0 Å². The summed E-state index contributed by atoms with van der Waals surface area (Å²) in [7, 11) is 0. The number of carbonyl (C=O) groups excluding carboxylic acids is 2. The van der Waals surface area contributed by atoms with Gasteiger partial charge in [0.2, 0.25) is 11.8 Å². The van der Waals surface area contributed by atoms with E-state index in [1.165, 1.54) is 18.5 Å². The molecule has 0 radical (unpaired) electrons. The van der Waals surface area contributed by atoms with E-state index < -0.39 is 0 Å². The summed E-state index contributed by atoms with van der Waals surface area (Å²) in [6.07, 6.45) is 2.68. The number of anilines is 3. The molecule has 0 aromatic heterocycles. The van der Waals surface area contributed by atoms with Crippen molar-refractivity contribution < 1.29 is 9.59 Å². The molecule has 2 amide bonds. The zero-order chi connectivity index (χ0) is 19.7. The van der Waals surface area contributed by atoms with E-state index in [-0.39, 0.29) is 24.2 Å². The van der Waals surface area contributed by atoms with Crippen LogP contribution in [0.4, 0.5) is 17.1 Å². The van der Waals surface area contributed by atoms with E-state index in [0.717, 1.165) is 24.3 Å². The second-order valence-electron chi connectivity index (χ2n) is 7.57. The van der Waals surface area contributed by atoms with Crippen molar-refractivity contribution in [3.05, 3.63) is 53.1 Å². The molecule has 0 aliphatic carbocycles. The van der Waals surface area contributed by atoms with Gasteiger partial charge in [-0.25, -0.2) is 0 Å². The van der Waals surface area contributed by atoms with Crippen molar-refractivity contribution in [1.82, 2.24) is 0 Å². The number of benzene rings is 2. The Labute approximate surface area is 170 Å². The van der Waals surface area contributed by atoms with Gasteiger partial charge >= 0.3 is 0 Å². The molecule has 2 fully saturated rings. The van der Waals surface area contributed by atoms with Gasteiger partial charge in [-0.3, -0.25) is 9.59 Å². The fourth-order valence-corrected chi connectivity index (χ4v) is 4.05. The van der Waals surface area contributed by atoms with E-state index in [4.69, 9.17) is 11.6 Å². The van der Waals surface area contributed by atoms with Crippen molar-refractivity contribution in [3.63, 3.8) is 0 Å². The summed E-state index contributed by atoms with van der Waals surface area (Å²) in [6.45, 7) is 4.49. The summed E-state index contributed by atoms with van der Waals surface area (Å²) in [5.41, 5.74) is 3.65. The molecule has 2 aliphatic rings. The monoisotopic (exact) mass is 397 g/mol. The number of halogens is 1. The Morgan fingerprint density at radius 2 is 1.75 bits per heavy atom. The Kier molecular flexibility index (Phi) is 5.27. The molecular formula is C22H24ClN3O2. The Morgan fingerprint density at radius 3 is 2.43 bits per heavy atom. The summed E-state index contributed by atoms with van der Waals surface area (Å²) in [5, 5.41) is 3.49. The standard InChI is InChI=1S/C22H24ClN3O2/c1-15-4-5-17(13-20(15)23)24-22(28)16-12-21(27)26(14-16)19-8-6-18(7-9-19)25-10-2-3-11-25/h4-9,13,16H,2-3,10-12,14H2,1H3,(H,24,28). The molecule has 2 aromatic carbocycles. The number of carbonyl (C=O) groups is 2. The minimum absolute atomic E-state index is 0.0176. The van der Waals surface area contributed by atoms with Crippen LogP contribution in [0.25, 0.3) is 0 Å². The predicted molar refractivity (Wildman–Crippen MR) is 113 cm³/mol. The maximum absolute atomic E-state index is 12.6. The molecular weight excluding hydrogens is 374 g/mol. The molecule has 1 unspecified atom stereocenters. The quantitative estimate of drug-likeness (QED) is 0.839. The van der Waals surface area contributed by atoms with Gasteiger partial charge in [0.15, 0.2) is 0 Å². The van der Waals surface area contributed by atoms with Crippen LogP contribution in [-0.2, 0) is 9.59 Å². The summed E-state index contributed by atoms with van der Waals surface area (Å²) < 4.78 is 0. The van der Waals surface area contributed by atoms with E-state index in [9.17, 15) is 9.59 Å². The maximum atomic E-state index is 12.6. The third-order valence-corrected chi connectivity index (χ3v) is 5.97. The molecule has 0 bridgehead atoms. The molecule has 0 saturated carbocycles. The minimum atomic E-state index is -0.370. The molecule has 5 nitrogen and oxygen atoms in total. The van der Waals surface area contributed by atoms with Crippen molar-refractivity contribution in [2.24, 2.45) is 5.92 Å². The third-order valence-electron chi connectivity index (χ3n) is 5.57. The van der Waals surface area contributed by atoms with Gasteiger partial charge in [0.25, 0.3) is 0 Å². The second-order valence-corrected chi connectivity index (χ2v) is 7.98. The van der Waals surface area contributed by atoms with Crippen molar-refractivity contribution in [2.75, 3.05) is 34.8 Å². The van der Waals surface area contributed by atoms with Crippen molar-refractivity contribution in [1.29, 1.82) is 0 Å². The number of hydrogen-bond acceptors (Lipinski definition) is 3. The first-order valence-electron chi connectivity index (χ1n) is 9.73.